The van der Waals surface area contributed by atoms with Crippen molar-refractivity contribution in [3.8, 4) is 12.3 Å². The topological polar surface area (TPSA) is 60.9 Å². The van der Waals surface area contributed by atoms with Crippen molar-refractivity contribution in [1.29, 1.82) is 0 Å². The molecular formula is C11H16N2O3. The summed E-state index contributed by atoms with van der Waals surface area (Å²) in [6.45, 7) is 0.566. The third kappa shape index (κ3) is 3.81. The molecule has 1 N–H and O–H groups in total. The molecule has 0 aromatic rings. The normalized spacial score (nSPS) is 14.0. The van der Waals surface area contributed by atoms with Crippen LogP contribution in [0, 0.1) is 18.3 Å². The van der Waals surface area contributed by atoms with E-state index in [1.54, 1.807) is 0 Å². The van der Waals surface area contributed by atoms with Crippen LogP contribution in [-0.4, -0.2) is 53.6 Å². The Labute approximate surface area is 95.0 Å². The van der Waals surface area contributed by atoms with E-state index >= 15 is 0 Å². The molecule has 0 aromatic heterocycles. The van der Waals surface area contributed by atoms with Gasteiger partial charge in [0.25, 0.3) is 0 Å². The zero-order valence-electron chi connectivity index (χ0n) is 9.35. The molecule has 1 saturated carbocycles. The minimum absolute atomic E-state index is 0.235. The number of carbonyl (C=O) groups excluding carboxylic acids is 1. The number of carboxylic acids is 1. The van der Waals surface area contributed by atoms with E-state index in [9.17, 15) is 9.59 Å². The lowest BCUT2D eigenvalue weighted by atomic mass is 10.3. The molecule has 0 saturated heterocycles. The highest BCUT2D eigenvalue weighted by Crippen LogP contribution is 2.29. The van der Waals surface area contributed by atoms with E-state index in [0.717, 1.165) is 12.8 Å². The number of carbonyl (C=O) groups is 2. The van der Waals surface area contributed by atoms with Crippen LogP contribution in [0.25, 0.3) is 0 Å². The summed E-state index contributed by atoms with van der Waals surface area (Å²) in [7, 11) is 1.47. The van der Waals surface area contributed by atoms with Crippen molar-refractivity contribution in [2.75, 3.05) is 26.7 Å². The molecule has 1 aliphatic rings. The summed E-state index contributed by atoms with van der Waals surface area (Å²) in [4.78, 5) is 25.0. The molecule has 0 unspecified atom stereocenters. The summed E-state index contributed by atoms with van der Waals surface area (Å²) in [5, 5.41) is 8.59. The molecule has 5 nitrogen and oxygen atoms in total. The monoisotopic (exact) mass is 224 g/mol. The third-order valence-corrected chi connectivity index (χ3v) is 2.43. The molecule has 1 fully saturated rings. The first-order valence-corrected chi connectivity index (χ1v) is 5.20. The van der Waals surface area contributed by atoms with Crippen LogP contribution in [0.3, 0.4) is 0 Å². The molecule has 5 heteroatoms. The maximum absolute atomic E-state index is 11.8. The van der Waals surface area contributed by atoms with Gasteiger partial charge in [0.15, 0.2) is 0 Å². The van der Waals surface area contributed by atoms with E-state index in [4.69, 9.17) is 11.5 Å². The van der Waals surface area contributed by atoms with Crippen LogP contribution in [0.1, 0.15) is 12.8 Å². The van der Waals surface area contributed by atoms with E-state index in [-0.39, 0.29) is 19.1 Å². The third-order valence-electron chi connectivity index (χ3n) is 2.43. The fourth-order valence-corrected chi connectivity index (χ4v) is 1.44. The highest BCUT2D eigenvalue weighted by atomic mass is 16.4. The Balaban J connectivity index is 2.51. The number of likely N-dealkylation sites (N-methyl/N-ethyl adjacent to an activating group) is 1. The second kappa shape index (κ2) is 5.40. The van der Waals surface area contributed by atoms with E-state index in [1.165, 1.54) is 16.8 Å². The Bertz CT molecular complexity index is 318. The molecule has 1 rings (SSSR count). The molecule has 88 valence electrons. The molecule has 16 heavy (non-hydrogen) atoms. The lowest BCUT2D eigenvalue weighted by Gasteiger charge is -2.25. The first-order chi connectivity index (χ1) is 7.54. The van der Waals surface area contributed by atoms with Crippen molar-refractivity contribution in [2.24, 2.45) is 5.92 Å². The lowest BCUT2D eigenvalue weighted by molar-refractivity contribution is -0.137. The number of urea groups is 1. The van der Waals surface area contributed by atoms with Crippen molar-refractivity contribution in [3.05, 3.63) is 0 Å². The molecule has 2 amide bonds. The van der Waals surface area contributed by atoms with Gasteiger partial charge >= 0.3 is 12.0 Å². The SMILES string of the molecule is C#CCN(CC1CC1)C(=O)N(C)CC(=O)O. The van der Waals surface area contributed by atoms with Crippen molar-refractivity contribution >= 4 is 12.0 Å². The smallest absolute Gasteiger partial charge is 0.323 e. The van der Waals surface area contributed by atoms with E-state index in [0.29, 0.717) is 12.5 Å². The van der Waals surface area contributed by atoms with Gasteiger partial charge in [-0.2, -0.15) is 0 Å². The zero-order chi connectivity index (χ0) is 12.1. The van der Waals surface area contributed by atoms with Crippen LogP contribution in [0.4, 0.5) is 4.79 Å². The number of carboxylic acid groups (broad SMARTS) is 1. The van der Waals surface area contributed by atoms with Gasteiger partial charge in [0.1, 0.15) is 6.54 Å². The maximum atomic E-state index is 11.8. The standard InChI is InChI=1S/C11H16N2O3/c1-3-6-13(7-9-4-5-9)11(16)12(2)8-10(14)15/h1,9H,4-8H2,2H3,(H,14,15). The molecule has 1 aliphatic carbocycles. The van der Waals surface area contributed by atoms with Crippen molar-refractivity contribution in [1.82, 2.24) is 9.80 Å². The Kier molecular flexibility index (Phi) is 4.18. The fourth-order valence-electron chi connectivity index (χ4n) is 1.44. The minimum atomic E-state index is -1.03. The largest absolute Gasteiger partial charge is 0.480 e. The highest BCUT2D eigenvalue weighted by molar-refractivity contribution is 5.80. The molecule has 0 atom stereocenters. The number of hydrogen-bond donors (Lipinski definition) is 1. The summed E-state index contributed by atoms with van der Waals surface area (Å²) in [5.74, 6) is 1.93. The number of nitrogens with zero attached hydrogens (tertiary/aromatic N) is 2. The number of amides is 2. The molecule has 0 heterocycles. The second-order valence-electron chi connectivity index (χ2n) is 4.06. The van der Waals surface area contributed by atoms with Crippen molar-refractivity contribution < 1.29 is 14.7 Å². The van der Waals surface area contributed by atoms with Crippen molar-refractivity contribution in [2.45, 2.75) is 12.8 Å². The van der Waals surface area contributed by atoms with E-state index in [1.807, 2.05) is 0 Å². The molecule has 0 aliphatic heterocycles. The Morgan fingerprint density at radius 1 is 1.50 bits per heavy atom. The van der Waals surface area contributed by atoms with Gasteiger partial charge in [0.05, 0.1) is 6.54 Å². The van der Waals surface area contributed by atoms with Gasteiger partial charge in [-0.1, -0.05) is 5.92 Å². The Hall–Kier alpha value is -1.70. The first-order valence-electron chi connectivity index (χ1n) is 5.20. The van der Waals surface area contributed by atoms with Crippen LogP contribution in [0.15, 0.2) is 0 Å². The van der Waals surface area contributed by atoms with Gasteiger partial charge in [-0.3, -0.25) is 4.79 Å². The van der Waals surface area contributed by atoms with Crippen LogP contribution in [0.5, 0.6) is 0 Å². The number of rotatable bonds is 5. The first kappa shape index (κ1) is 12.4. The van der Waals surface area contributed by atoms with Crippen LogP contribution < -0.4 is 0 Å². The van der Waals surface area contributed by atoms with Gasteiger partial charge in [-0.25, -0.2) is 4.79 Å². The van der Waals surface area contributed by atoms with Gasteiger partial charge < -0.3 is 14.9 Å². The Morgan fingerprint density at radius 2 is 2.12 bits per heavy atom. The van der Waals surface area contributed by atoms with E-state index in [2.05, 4.69) is 5.92 Å². The summed E-state index contributed by atoms with van der Waals surface area (Å²) >= 11 is 0. The average molecular weight is 224 g/mol. The molecule has 0 radical (unpaired) electrons. The number of aliphatic carboxylic acids is 1. The van der Waals surface area contributed by atoms with Crippen LogP contribution >= 0.6 is 0 Å². The van der Waals surface area contributed by atoms with Gasteiger partial charge in [-0.15, -0.1) is 6.42 Å². The molecule has 0 aromatic carbocycles. The summed E-state index contributed by atoms with van der Waals surface area (Å²) < 4.78 is 0. The predicted octanol–water partition coefficient (Wildman–Crippen LogP) is 0.468. The predicted molar refractivity (Wildman–Crippen MR) is 58.8 cm³/mol. The fraction of sp³-hybridized carbons (Fsp3) is 0.636. The molecule has 0 bridgehead atoms. The van der Waals surface area contributed by atoms with Gasteiger partial charge in [0, 0.05) is 13.6 Å². The summed E-state index contributed by atoms with van der Waals surface area (Å²) in [6.07, 6.45) is 7.43. The molecular weight excluding hydrogens is 208 g/mol. The van der Waals surface area contributed by atoms with Crippen LogP contribution in [0.2, 0.25) is 0 Å². The maximum Gasteiger partial charge on any atom is 0.323 e. The molecule has 0 spiro atoms. The summed E-state index contributed by atoms with van der Waals surface area (Å²) in [6, 6.07) is -0.313. The van der Waals surface area contributed by atoms with Gasteiger partial charge in [0.2, 0.25) is 0 Å². The van der Waals surface area contributed by atoms with Crippen molar-refractivity contribution in [3.63, 3.8) is 0 Å². The summed E-state index contributed by atoms with van der Waals surface area (Å²) in [5.41, 5.74) is 0. The zero-order valence-corrected chi connectivity index (χ0v) is 9.35. The average Bonchev–Trinajstić information content (AvgIpc) is 2.99. The number of terminal acetylenes is 1. The number of hydrogen-bond acceptors (Lipinski definition) is 2. The van der Waals surface area contributed by atoms with Crippen LogP contribution in [-0.2, 0) is 4.79 Å². The quantitative estimate of drug-likeness (QED) is 0.690. The van der Waals surface area contributed by atoms with Gasteiger partial charge in [-0.05, 0) is 18.8 Å². The van der Waals surface area contributed by atoms with E-state index < -0.39 is 5.97 Å². The minimum Gasteiger partial charge on any atom is -0.480 e. The lowest BCUT2D eigenvalue weighted by Crippen LogP contribution is -2.44. The highest BCUT2D eigenvalue weighted by Gasteiger charge is 2.28. The second-order valence-corrected chi connectivity index (χ2v) is 4.06. The Morgan fingerprint density at radius 3 is 2.56 bits per heavy atom.